The van der Waals surface area contributed by atoms with E-state index >= 15 is 0 Å². The SMILES string of the molecule is Cn1nnnc1Sc1sc(NC(=O)Nc2ccc(Cl)cc2C(=O)C2CCCC2)nc1CSc1ccccc1. The summed E-state index contributed by atoms with van der Waals surface area (Å²) >= 11 is 10.6. The van der Waals surface area contributed by atoms with E-state index in [1.165, 1.54) is 23.1 Å². The first kappa shape index (κ1) is 26.7. The maximum atomic E-state index is 13.1. The standard InChI is InChI=1S/C25H24ClN7O2S3/c1-33-25(30-31-32-33)38-22-20(14-36-17-9-3-2-4-10-17)28-24(37-22)29-23(35)27-19-12-11-16(26)13-18(19)21(34)15-7-5-6-8-15/h2-4,9-13,15H,5-8,14H2,1H3,(H2,27,28,29,35). The molecule has 0 atom stereocenters. The van der Waals surface area contributed by atoms with Gasteiger partial charge in [0, 0.05) is 34.2 Å². The van der Waals surface area contributed by atoms with Crippen LogP contribution in [0.15, 0.2) is 62.8 Å². The average Bonchev–Trinajstić information content (AvgIpc) is 3.67. The molecule has 0 bridgehead atoms. The van der Waals surface area contributed by atoms with Gasteiger partial charge in [0.1, 0.15) is 0 Å². The van der Waals surface area contributed by atoms with Crippen molar-refractivity contribution in [3.63, 3.8) is 0 Å². The minimum absolute atomic E-state index is 0.0192. The summed E-state index contributed by atoms with van der Waals surface area (Å²) in [6.07, 6.45) is 3.81. The number of thioether (sulfide) groups is 1. The Balaban J connectivity index is 1.33. The minimum atomic E-state index is -0.485. The fourth-order valence-corrected chi connectivity index (χ4v) is 7.31. The Morgan fingerprint density at radius 1 is 1.13 bits per heavy atom. The third-order valence-electron chi connectivity index (χ3n) is 5.99. The zero-order chi connectivity index (χ0) is 26.5. The van der Waals surface area contributed by atoms with Crippen LogP contribution in [0.1, 0.15) is 41.7 Å². The Kier molecular flexibility index (Phi) is 8.62. The van der Waals surface area contributed by atoms with Crippen LogP contribution < -0.4 is 10.6 Å². The highest BCUT2D eigenvalue weighted by molar-refractivity contribution is 8.01. The zero-order valence-corrected chi connectivity index (χ0v) is 23.6. The highest BCUT2D eigenvalue weighted by atomic mass is 35.5. The van der Waals surface area contributed by atoms with Gasteiger partial charge in [0.15, 0.2) is 10.9 Å². The van der Waals surface area contributed by atoms with Crippen LogP contribution in [-0.4, -0.2) is 37.0 Å². The van der Waals surface area contributed by atoms with Crippen LogP contribution in [0, 0.1) is 5.92 Å². The van der Waals surface area contributed by atoms with E-state index in [2.05, 4.69) is 26.2 Å². The zero-order valence-electron chi connectivity index (χ0n) is 20.4. The van der Waals surface area contributed by atoms with Crippen molar-refractivity contribution in [2.45, 2.75) is 45.7 Å². The number of hydrogen-bond acceptors (Lipinski definition) is 9. The Morgan fingerprint density at radius 2 is 1.92 bits per heavy atom. The summed E-state index contributed by atoms with van der Waals surface area (Å²) in [6, 6.07) is 14.5. The lowest BCUT2D eigenvalue weighted by Crippen LogP contribution is -2.22. The summed E-state index contributed by atoms with van der Waals surface area (Å²) in [5, 5.41) is 18.8. The summed E-state index contributed by atoms with van der Waals surface area (Å²) in [5.41, 5.74) is 1.68. The highest BCUT2D eigenvalue weighted by Gasteiger charge is 2.26. The molecular formula is C25H24ClN7O2S3. The predicted octanol–water partition coefficient (Wildman–Crippen LogP) is 6.78. The topological polar surface area (TPSA) is 115 Å². The molecule has 4 aromatic rings. The van der Waals surface area contributed by atoms with Crippen molar-refractivity contribution in [1.82, 2.24) is 25.2 Å². The van der Waals surface area contributed by atoms with Gasteiger partial charge < -0.3 is 5.32 Å². The van der Waals surface area contributed by atoms with Gasteiger partial charge in [-0.25, -0.2) is 14.5 Å². The Bertz CT molecular complexity index is 1440. The fourth-order valence-electron chi connectivity index (χ4n) is 4.11. The van der Waals surface area contributed by atoms with Crippen LogP contribution in [0.3, 0.4) is 0 Å². The summed E-state index contributed by atoms with van der Waals surface area (Å²) < 4.78 is 2.46. The Labute approximate surface area is 237 Å². The van der Waals surface area contributed by atoms with Gasteiger partial charge in [-0.05, 0) is 65.4 Å². The second-order valence-electron chi connectivity index (χ2n) is 8.66. The summed E-state index contributed by atoms with van der Waals surface area (Å²) in [6.45, 7) is 0. The average molecular weight is 586 g/mol. The quantitative estimate of drug-likeness (QED) is 0.163. The van der Waals surface area contributed by atoms with Crippen molar-refractivity contribution in [2.24, 2.45) is 13.0 Å². The number of nitrogens with one attached hydrogen (secondary N) is 2. The van der Waals surface area contributed by atoms with Crippen LogP contribution in [0.4, 0.5) is 15.6 Å². The number of ketones is 1. The van der Waals surface area contributed by atoms with Gasteiger partial charge in [-0.1, -0.05) is 54.0 Å². The third kappa shape index (κ3) is 6.55. The summed E-state index contributed by atoms with van der Waals surface area (Å²) in [7, 11) is 1.77. The van der Waals surface area contributed by atoms with E-state index in [1.54, 1.807) is 41.7 Å². The van der Waals surface area contributed by atoms with E-state index in [-0.39, 0.29) is 11.7 Å². The van der Waals surface area contributed by atoms with Crippen molar-refractivity contribution in [3.8, 4) is 0 Å². The molecule has 0 unspecified atom stereocenters. The molecule has 2 N–H and O–H groups in total. The number of benzene rings is 2. The molecule has 1 aliphatic carbocycles. The number of rotatable bonds is 9. The van der Waals surface area contributed by atoms with Crippen molar-refractivity contribution in [2.75, 3.05) is 10.6 Å². The van der Waals surface area contributed by atoms with Gasteiger partial charge in [-0.2, -0.15) is 0 Å². The number of thiazole rings is 1. The largest absolute Gasteiger partial charge is 0.325 e. The van der Waals surface area contributed by atoms with E-state index in [0.29, 0.717) is 32.3 Å². The lowest BCUT2D eigenvalue weighted by atomic mass is 9.95. The van der Waals surface area contributed by atoms with E-state index in [1.807, 2.05) is 30.3 Å². The number of carbonyl (C=O) groups is 2. The van der Waals surface area contributed by atoms with Crippen LogP contribution in [-0.2, 0) is 12.8 Å². The Hall–Kier alpha value is -2.93. The number of hydrogen-bond donors (Lipinski definition) is 2. The molecule has 2 aromatic heterocycles. The highest BCUT2D eigenvalue weighted by Crippen LogP contribution is 2.39. The third-order valence-corrected chi connectivity index (χ3v) is 9.50. The summed E-state index contributed by atoms with van der Waals surface area (Å²) in [4.78, 5) is 31.9. The minimum Gasteiger partial charge on any atom is -0.307 e. The summed E-state index contributed by atoms with van der Waals surface area (Å²) in [5.74, 6) is 0.593. The maximum absolute atomic E-state index is 13.1. The van der Waals surface area contributed by atoms with Crippen molar-refractivity contribution >= 4 is 69.1 Å². The van der Waals surface area contributed by atoms with Crippen molar-refractivity contribution in [3.05, 3.63) is 64.8 Å². The molecule has 5 rings (SSSR count). The molecule has 2 aromatic carbocycles. The maximum Gasteiger partial charge on any atom is 0.325 e. The molecule has 38 heavy (non-hydrogen) atoms. The lowest BCUT2D eigenvalue weighted by Gasteiger charge is -2.14. The van der Waals surface area contributed by atoms with Crippen LogP contribution in [0.2, 0.25) is 5.02 Å². The number of carbonyl (C=O) groups excluding carboxylic acids is 2. The monoisotopic (exact) mass is 585 g/mol. The molecular weight excluding hydrogens is 562 g/mol. The fraction of sp³-hybridized carbons (Fsp3) is 0.280. The van der Waals surface area contributed by atoms with Crippen LogP contribution in [0.5, 0.6) is 0 Å². The number of aromatic nitrogens is 5. The smallest absolute Gasteiger partial charge is 0.307 e. The van der Waals surface area contributed by atoms with Gasteiger partial charge in [0.2, 0.25) is 5.16 Å². The molecule has 0 radical (unpaired) electrons. The molecule has 2 heterocycles. The molecule has 1 fully saturated rings. The predicted molar refractivity (Wildman–Crippen MR) is 151 cm³/mol. The molecule has 0 aliphatic heterocycles. The van der Waals surface area contributed by atoms with Gasteiger partial charge in [-0.3, -0.25) is 10.1 Å². The number of tetrazole rings is 1. The van der Waals surface area contributed by atoms with E-state index < -0.39 is 6.03 Å². The Morgan fingerprint density at radius 3 is 2.66 bits per heavy atom. The number of Topliss-reactive ketones (excluding diaryl/α,β-unsaturated/α-hetero) is 1. The van der Waals surface area contributed by atoms with Crippen molar-refractivity contribution in [1.29, 1.82) is 0 Å². The molecule has 0 spiro atoms. The van der Waals surface area contributed by atoms with E-state index in [4.69, 9.17) is 16.6 Å². The van der Waals surface area contributed by atoms with Gasteiger partial charge >= 0.3 is 6.03 Å². The molecule has 1 aliphatic rings. The first-order valence-corrected chi connectivity index (χ1v) is 15.0. The number of urea groups is 1. The molecule has 0 saturated heterocycles. The van der Waals surface area contributed by atoms with Crippen molar-refractivity contribution < 1.29 is 9.59 Å². The molecule has 9 nitrogen and oxygen atoms in total. The number of aryl methyl sites for hydroxylation is 1. The van der Waals surface area contributed by atoms with E-state index in [0.717, 1.165) is 40.5 Å². The molecule has 2 amide bonds. The van der Waals surface area contributed by atoms with E-state index in [9.17, 15) is 9.59 Å². The molecule has 196 valence electrons. The first-order valence-electron chi connectivity index (χ1n) is 12.0. The molecule has 1 saturated carbocycles. The second kappa shape index (κ2) is 12.3. The normalized spacial score (nSPS) is 13.5. The second-order valence-corrected chi connectivity index (χ2v) is 12.4. The number of amides is 2. The van der Waals surface area contributed by atoms with Gasteiger partial charge in [0.25, 0.3) is 0 Å². The number of halogens is 1. The van der Waals surface area contributed by atoms with Gasteiger partial charge in [0.05, 0.1) is 15.6 Å². The first-order chi connectivity index (χ1) is 18.5. The van der Waals surface area contributed by atoms with Gasteiger partial charge in [-0.15, -0.1) is 16.9 Å². The van der Waals surface area contributed by atoms with Crippen LogP contribution in [0.25, 0.3) is 0 Å². The lowest BCUT2D eigenvalue weighted by molar-refractivity contribution is 0.0923. The number of nitrogens with zero attached hydrogens (tertiary/aromatic N) is 5. The van der Waals surface area contributed by atoms with Crippen LogP contribution >= 0.6 is 46.5 Å². The number of anilines is 2. The molecule has 13 heteroatoms.